The monoisotopic (exact) mass is 419 g/mol. The minimum absolute atomic E-state index is 0.0857. The molecule has 0 saturated carbocycles. The van der Waals surface area contributed by atoms with Crippen molar-refractivity contribution in [2.45, 2.75) is 38.6 Å². The number of imidazole rings is 1. The third-order valence-electron chi connectivity index (χ3n) is 5.27. The molecule has 1 atom stereocenters. The lowest BCUT2D eigenvalue weighted by atomic mass is 10.1. The van der Waals surface area contributed by atoms with Crippen LogP contribution >= 0.6 is 0 Å². The Hall–Kier alpha value is -3.67. The van der Waals surface area contributed by atoms with E-state index in [4.69, 9.17) is 4.74 Å². The number of ether oxygens (including phenoxy) is 1. The zero-order valence-corrected chi connectivity index (χ0v) is 17.5. The number of rotatable bonds is 6. The Kier molecular flexibility index (Phi) is 6.26. The maximum Gasteiger partial charge on any atom is 0.409 e. The number of pyridine rings is 1. The first-order valence-corrected chi connectivity index (χ1v) is 10.6. The molecular formula is C22H25N7O2. The lowest BCUT2D eigenvalue weighted by Crippen LogP contribution is -2.45. The molecule has 1 N–H and O–H groups in total. The van der Waals surface area contributed by atoms with Gasteiger partial charge in [0, 0.05) is 31.5 Å². The van der Waals surface area contributed by atoms with Crippen molar-refractivity contribution in [1.29, 1.82) is 5.26 Å². The Labute approximate surface area is 180 Å². The second-order valence-corrected chi connectivity index (χ2v) is 7.56. The van der Waals surface area contributed by atoms with E-state index in [1.54, 1.807) is 35.6 Å². The molecule has 31 heavy (non-hydrogen) atoms. The fraction of sp³-hybridized carbons (Fsp3) is 0.409. The Morgan fingerprint density at radius 1 is 1.35 bits per heavy atom. The number of carbonyl (C=O) groups excluding carboxylic acids is 1. The number of aromatic nitrogens is 4. The second kappa shape index (κ2) is 9.43. The van der Waals surface area contributed by atoms with Crippen LogP contribution in [-0.2, 0) is 4.74 Å². The summed E-state index contributed by atoms with van der Waals surface area (Å²) in [4.78, 5) is 27.4. The van der Waals surface area contributed by atoms with Gasteiger partial charge in [-0.3, -0.25) is 4.40 Å². The van der Waals surface area contributed by atoms with Crippen molar-refractivity contribution in [3.63, 3.8) is 0 Å². The van der Waals surface area contributed by atoms with Gasteiger partial charge < -0.3 is 15.0 Å². The highest BCUT2D eigenvalue weighted by Crippen LogP contribution is 2.21. The predicted octanol–water partition coefficient (Wildman–Crippen LogP) is 3.48. The SMILES string of the molecule is CCCCOC(=O)N1CCC[C@H](Nc2ccnc(-c3cnc4ccc(C#N)cn34)n2)C1. The lowest BCUT2D eigenvalue weighted by Gasteiger charge is -2.32. The highest BCUT2D eigenvalue weighted by molar-refractivity contribution is 5.68. The molecule has 0 bridgehead atoms. The van der Waals surface area contributed by atoms with Gasteiger partial charge in [0.15, 0.2) is 5.82 Å². The Bertz CT molecular complexity index is 1100. The number of unbranched alkanes of at least 4 members (excludes halogenated alkanes) is 1. The molecule has 160 valence electrons. The second-order valence-electron chi connectivity index (χ2n) is 7.56. The average Bonchev–Trinajstić information content (AvgIpc) is 3.22. The van der Waals surface area contributed by atoms with Gasteiger partial charge in [-0.05, 0) is 37.5 Å². The maximum absolute atomic E-state index is 12.3. The zero-order valence-electron chi connectivity index (χ0n) is 17.5. The summed E-state index contributed by atoms with van der Waals surface area (Å²) >= 11 is 0. The summed E-state index contributed by atoms with van der Waals surface area (Å²) < 4.78 is 7.16. The number of nitrogens with one attached hydrogen (secondary N) is 1. The molecule has 1 fully saturated rings. The van der Waals surface area contributed by atoms with Crippen molar-refractivity contribution in [3.8, 4) is 17.6 Å². The van der Waals surface area contributed by atoms with Crippen molar-refractivity contribution in [2.75, 3.05) is 25.0 Å². The van der Waals surface area contributed by atoms with Gasteiger partial charge in [-0.2, -0.15) is 5.26 Å². The molecule has 0 spiro atoms. The first-order valence-electron chi connectivity index (χ1n) is 10.6. The molecule has 9 nitrogen and oxygen atoms in total. The number of anilines is 1. The van der Waals surface area contributed by atoms with E-state index in [-0.39, 0.29) is 12.1 Å². The summed E-state index contributed by atoms with van der Waals surface area (Å²) in [5.74, 6) is 1.20. The van der Waals surface area contributed by atoms with Crippen molar-refractivity contribution >= 4 is 17.6 Å². The Morgan fingerprint density at radius 3 is 3.10 bits per heavy atom. The van der Waals surface area contributed by atoms with Gasteiger partial charge in [-0.1, -0.05) is 13.3 Å². The molecule has 9 heteroatoms. The first-order chi connectivity index (χ1) is 15.2. The third-order valence-corrected chi connectivity index (χ3v) is 5.27. The van der Waals surface area contributed by atoms with E-state index in [1.807, 2.05) is 10.5 Å². The summed E-state index contributed by atoms with van der Waals surface area (Å²) in [6.07, 6.45) is 8.60. The molecule has 4 rings (SSSR count). The molecule has 3 aromatic rings. The summed E-state index contributed by atoms with van der Waals surface area (Å²) in [6.45, 7) is 3.82. The highest BCUT2D eigenvalue weighted by Gasteiger charge is 2.25. The summed E-state index contributed by atoms with van der Waals surface area (Å²) in [6, 6.07) is 7.56. The maximum atomic E-state index is 12.3. The topological polar surface area (TPSA) is 108 Å². The predicted molar refractivity (Wildman–Crippen MR) is 115 cm³/mol. The number of nitrogens with zero attached hydrogens (tertiary/aromatic N) is 6. The lowest BCUT2D eigenvalue weighted by molar-refractivity contribution is 0.0920. The van der Waals surface area contributed by atoms with Gasteiger partial charge in [0.05, 0.1) is 18.4 Å². The zero-order chi connectivity index (χ0) is 21.6. The Morgan fingerprint density at radius 2 is 2.26 bits per heavy atom. The van der Waals surface area contributed by atoms with Gasteiger partial charge in [0.1, 0.15) is 23.2 Å². The normalized spacial score (nSPS) is 16.1. The summed E-state index contributed by atoms with van der Waals surface area (Å²) in [7, 11) is 0. The number of carbonyl (C=O) groups is 1. The van der Waals surface area contributed by atoms with E-state index < -0.39 is 0 Å². The molecule has 3 aromatic heterocycles. The molecule has 1 aliphatic heterocycles. The number of hydrogen-bond acceptors (Lipinski definition) is 7. The molecule has 1 saturated heterocycles. The van der Waals surface area contributed by atoms with Crippen LogP contribution in [-0.4, -0.2) is 56.1 Å². The van der Waals surface area contributed by atoms with Crippen LogP contribution < -0.4 is 5.32 Å². The van der Waals surface area contributed by atoms with Crippen LogP contribution in [0.2, 0.25) is 0 Å². The molecule has 1 aliphatic rings. The van der Waals surface area contributed by atoms with Crippen LogP contribution in [0, 0.1) is 11.3 Å². The number of hydrogen-bond donors (Lipinski definition) is 1. The van der Waals surface area contributed by atoms with Crippen LogP contribution in [0.5, 0.6) is 0 Å². The molecule has 0 radical (unpaired) electrons. The van der Waals surface area contributed by atoms with Crippen LogP contribution in [0.25, 0.3) is 17.2 Å². The van der Waals surface area contributed by atoms with Crippen molar-refractivity contribution in [3.05, 3.63) is 42.4 Å². The van der Waals surface area contributed by atoms with E-state index >= 15 is 0 Å². The van der Waals surface area contributed by atoms with E-state index in [2.05, 4.69) is 33.3 Å². The average molecular weight is 419 g/mol. The number of amides is 1. The highest BCUT2D eigenvalue weighted by atomic mass is 16.6. The molecule has 4 heterocycles. The summed E-state index contributed by atoms with van der Waals surface area (Å²) in [5, 5.41) is 12.6. The van der Waals surface area contributed by atoms with E-state index in [0.29, 0.717) is 42.6 Å². The van der Waals surface area contributed by atoms with E-state index in [1.165, 1.54) is 0 Å². The van der Waals surface area contributed by atoms with Crippen LogP contribution in [0.15, 0.2) is 36.8 Å². The number of fused-ring (bicyclic) bond motifs is 1. The van der Waals surface area contributed by atoms with E-state index in [9.17, 15) is 10.1 Å². The largest absolute Gasteiger partial charge is 0.449 e. The molecule has 0 aliphatic carbocycles. The minimum Gasteiger partial charge on any atom is -0.449 e. The van der Waals surface area contributed by atoms with Gasteiger partial charge in [0.2, 0.25) is 0 Å². The quantitative estimate of drug-likeness (QED) is 0.609. The fourth-order valence-electron chi connectivity index (χ4n) is 3.64. The smallest absolute Gasteiger partial charge is 0.409 e. The number of likely N-dealkylation sites (tertiary alicyclic amines) is 1. The minimum atomic E-state index is -0.248. The number of nitriles is 1. The molecule has 0 unspecified atom stereocenters. The standard InChI is InChI=1S/C22H25N7O2/c1-2-3-11-31-22(30)28-10-4-5-17(15-28)26-19-8-9-24-21(27-19)18-13-25-20-7-6-16(12-23)14-29(18)20/h6-9,13-14,17H,2-5,10-11,15H2,1H3,(H,24,26,27)/t17-/m0/s1. The third kappa shape index (κ3) is 4.74. The van der Waals surface area contributed by atoms with Crippen molar-refractivity contribution < 1.29 is 9.53 Å². The van der Waals surface area contributed by atoms with Crippen LogP contribution in [0.1, 0.15) is 38.2 Å². The number of piperidine rings is 1. The fourth-order valence-corrected chi connectivity index (χ4v) is 3.64. The van der Waals surface area contributed by atoms with Gasteiger partial charge >= 0.3 is 6.09 Å². The van der Waals surface area contributed by atoms with Crippen molar-refractivity contribution in [2.24, 2.45) is 0 Å². The van der Waals surface area contributed by atoms with Crippen LogP contribution in [0.3, 0.4) is 0 Å². The molecular weight excluding hydrogens is 394 g/mol. The van der Waals surface area contributed by atoms with E-state index in [0.717, 1.165) is 31.3 Å². The van der Waals surface area contributed by atoms with Gasteiger partial charge in [-0.25, -0.2) is 19.7 Å². The Balaban J connectivity index is 1.47. The van der Waals surface area contributed by atoms with Gasteiger partial charge in [0.25, 0.3) is 0 Å². The van der Waals surface area contributed by atoms with Crippen LogP contribution in [0.4, 0.5) is 10.6 Å². The summed E-state index contributed by atoms with van der Waals surface area (Å²) in [5.41, 5.74) is 1.97. The van der Waals surface area contributed by atoms with Crippen molar-refractivity contribution in [1.82, 2.24) is 24.3 Å². The molecule has 0 aromatic carbocycles. The molecule has 1 amide bonds. The van der Waals surface area contributed by atoms with Gasteiger partial charge in [-0.15, -0.1) is 0 Å². The first kappa shape index (κ1) is 20.6.